The molecule has 0 fully saturated rings. The van der Waals surface area contributed by atoms with Gasteiger partial charge in [-0.1, -0.05) is 11.6 Å². The molecule has 0 aromatic heterocycles. The molecule has 0 saturated carbocycles. The van der Waals surface area contributed by atoms with Gasteiger partial charge >= 0.3 is 5.97 Å². The summed E-state index contributed by atoms with van der Waals surface area (Å²) < 4.78 is 4.87. The molecule has 0 atom stereocenters. The lowest BCUT2D eigenvalue weighted by atomic mass is 10.1. The fourth-order valence-electron chi connectivity index (χ4n) is 1.69. The van der Waals surface area contributed by atoms with Gasteiger partial charge in [0, 0.05) is 11.7 Å². The van der Waals surface area contributed by atoms with Crippen LogP contribution < -0.4 is 5.73 Å². The largest absolute Gasteiger partial charge is 0.465 e. The fourth-order valence-corrected chi connectivity index (χ4v) is 1.96. The van der Waals surface area contributed by atoms with E-state index in [4.69, 9.17) is 22.1 Å². The number of benzene rings is 1. The predicted molar refractivity (Wildman–Crippen MR) is 78.7 cm³/mol. The Morgan fingerprint density at radius 1 is 1.40 bits per heavy atom. The van der Waals surface area contributed by atoms with Gasteiger partial charge in [0.2, 0.25) is 0 Å². The van der Waals surface area contributed by atoms with Gasteiger partial charge in [-0.25, -0.2) is 0 Å². The van der Waals surface area contributed by atoms with Crippen molar-refractivity contribution < 1.29 is 14.3 Å². The summed E-state index contributed by atoms with van der Waals surface area (Å²) in [6.07, 6.45) is 0. The minimum absolute atomic E-state index is 0.106. The first-order chi connectivity index (χ1) is 9.36. The number of esters is 1. The van der Waals surface area contributed by atoms with Crippen molar-refractivity contribution in [3.63, 3.8) is 0 Å². The van der Waals surface area contributed by atoms with E-state index >= 15 is 0 Å². The van der Waals surface area contributed by atoms with Gasteiger partial charge in [0.1, 0.15) is 6.54 Å². The zero-order chi connectivity index (χ0) is 15.3. The topological polar surface area (TPSA) is 72.6 Å². The molecule has 20 heavy (non-hydrogen) atoms. The molecule has 0 bridgehead atoms. The Hall–Kier alpha value is -1.75. The van der Waals surface area contributed by atoms with E-state index in [1.165, 1.54) is 11.0 Å². The van der Waals surface area contributed by atoms with Crippen molar-refractivity contribution in [1.29, 1.82) is 0 Å². The van der Waals surface area contributed by atoms with Gasteiger partial charge in [-0.3, -0.25) is 9.59 Å². The second-order valence-electron chi connectivity index (χ2n) is 4.57. The maximum absolute atomic E-state index is 12.5. The Labute approximate surface area is 123 Å². The van der Waals surface area contributed by atoms with Crippen LogP contribution in [0.25, 0.3) is 0 Å². The molecule has 5 nitrogen and oxygen atoms in total. The highest BCUT2D eigenvalue weighted by Crippen LogP contribution is 2.21. The smallest absolute Gasteiger partial charge is 0.325 e. The monoisotopic (exact) mass is 298 g/mol. The molecule has 110 valence electrons. The van der Waals surface area contributed by atoms with Crippen LogP contribution >= 0.6 is 11.6 Å². The van der Waals surface area contributed by atoms with E-state index in [0.717, 1.165) is 0 Å². The fraction of sp³-hybridized carbons (Fsp3) is 0.429. The number of rotatable bonds is 5. The SMILES string of the molecule is CCOC(=O)CN(C(=O)c1ccc(N)cc1Cl)C(C)C. The Bertz CT molecular complexity index is 503. The zero-order valence-electron chi connectivity index (χ0n) is 11.9. The van der Waals surface area contributed by atoms with E-state index in [9.17, 15) is 9.59 Å². The van der Waals surface area contributed by atoms with Crippen molar-refractivity contribution in [2.75, 3.05) is 18.9 Å². The molecule has 2 N–H and O–H groups in total. The van der Waals surface area contributed by atoms with E-state index in [-0.39, 0.29) is 30.1 Å². The molecule has 1 amide bonds. The Balaban J connectivity index is 2.96. The third kappa shape index (κ3) is 4.13. The third-order valence-electron chi connectivity index (χ3n) is 2.71. The lowest BCUT2D eigenvalue weighted by Gasteiger charge is -2.26. The molecule has 0 aliphatic heterocycles. The molecule has 0 spiro atoms. The summed E-state index contributed by atoms with van der Waals surface area (Å²) >= 11 is 6.03. The molecule has 0 aliphatic rings. The Morgan fingerprint density at radius 3 is 2.55 bits per heavy atom. The molecular formula is C14H19ClN2O3. The van der Waals surface area contributed by atoms with Crippen LogP contribution in [0.3, 0.4) is 0 Å². The van der Waals surface area contributed by atoms with Crippen LogP contribution in [0.1, 0.15) is 31.1 Å². The third-order valence-corrected chi connectivity index (χ3v) is 3.03. The molecule has 0 saturated heterocycles. The van der Waals surface area contributed by atoms with Crippen LogP contribution in [0.2, 0.25) is 5.02 Å². The Morgan fingerprint density at radius 2 is 2.05 bits per heavy atom. The number of hydrogen-bond acceptors (Lipinski definition) is 4. The number of halogens is 1. The van der Waals surface area contributed by atoms with Crippen molar-refractivity contribution in [2.45, 2.75) is 26.8 Å². The van der Waals surface area contributed by atoms with Crippen molar-refractivity contribution in [3.8, 4) is 0 Å². The Kier molecular flexibility index (Phi) is 5.82. The molecule has 0 aliphatic carbocycles. The number of carbonyl (C=O) groups is 2. The number of ether oxygens (including phenoxy) is 1. The maximum Gasteiger partial charge on any atom is 0.325 e. The van der Waals surface area contributed by atoms with Gasteiger partial charge in [0.25, 0.3) is 5.91 Å². The average molecular weight is 299 g/mol. The number of nitrogens with two attached hydrogens (primary N) is 1. The number of nitrogens with zero attached hydrogens (tertiary/aromatic N) is 1. The molecule has 0 radical (unpaired) electrons. The van der Waals surface area contributed by atoms with Crippen LogP contribution in [0.4, 0.5) is 5.69 Å². The lowest BCUT2D eigenvalue weighted by molar-refractivity contribution is -0.144. The van der Waals surface area contributed by atoms with Crippen molar-refractivity contribution in [3.05, 3.63) is 28.8 Å². The van der Waals surface area contributed by atoms with Gasteiger partial charge < -0.3 is 15.4 Å². The molecule has 6 heteroatoms. The van der Waals surface area contributed by atoms with Gasteiger partial charge in [-0.05, 0) is 39.0 Å². The summed E-state index contributed by atoms with van der Waals surface area (Å²) in [6.45, 7) is 5.54. The minimum Gasteiger partial charge on any atom is -0.465 e. The van der Waals surface area contributed by atoms with Gasteiger partial charge in [0.05, 0.1) is 17.2 Å². The average Bonchev–Trinajstić information content (AvgIpc) is 2.35. The van der Waals surface area contributed by atoms with Gasteiger partial charge in [0.15, 0.2) is 0 Å². The number of hydrogen-bond donors (Lipinski definition) is 1. The highest BCUT2D eigenvalue weighted by molar-refractivity contribution is 6.34. The molecule has 0 unspecified atom stereocenters. The van der Waals surface area contributed by atoms with Gasteiger partial charge in [-0.15, -0.1) is 0 Å². The quantitative estimate of drug-likeness (QED) is 0.669. The van der Waals surface area contributed by atoms with E-state index in [1.807, 2.05) is 13.8 Å². The lowest BCUT2D eigenvalue weighted by Crippen LogP contribution is -2.41. The molecular weight excluding hydrogens is 280 g/mol. The van der Waals surface area contributed by atoms with Crippen LogP contribution in [-0.2, 0) is 9.53 Å². The standard InChI is InChI=1S/C14H19ClN2O3/c1-4-20-13(18)8-17(9(2)3)14(19)11-6-5-10(16)7-12(11)15/h5-7,9H,4,8,16H2,1-3H3. The predicted octanol–water partition coefficient (Wildman–Crippen LogP) is 2.34. The van der Waals surface area contributed by atoms with E-state index in [1.54, 1.807) is 19.1 Å². The molecule has 0 heterocycles. The van der Waals surface area contributed by atoms with Crippen LogP contribution in [0.5, 0.6) is 0 Å². The number of anilines is 1. The normalized spacial score (nSPS) is 10.4. The minimum atomic E-state index is -0.443. The summed E-state index contributed by atoms with van der Waals surface area (Å²) in [7, 11) is 0. The summed E-state index contributed by atoms with van der Waals surface area (Å²) in [5.41, 5.74) is 6.40. The van der Waals surface area contributed by atoms with Crippen molar-refractivity contribution >= 4 is 29.2 Å². The number of nitrogen functional groups attached to an aromatic ring is 1. The van der Waals surface area contributed by atoms with E-state index in [0.29, 0.717) is 11.3 Å². The molecule has 1 rings (SSSR count). The highest BCUT2D eigenvalue weighted by Gasteiger charge is 2.23. The molecule has 1 aromatic carbocycles. The van der Waals surface area contributed by atoms with Crippen LogP contribution in [0.15, 0.2) is 18.2 Å². The number of carbonyl (C=O) groups excluding carboxylic acids is 2. The van der Waals surface area contributed by atoms with E-state index < -0.39 is 5.97 Å². The van der Waals surface area contributed by atoms with E-state index in [2.05, 4.69) is 0 Å². The first-order valence-electron chi connectivity index (χ1n) is 6.38. The number of amides is 1. The first kappa shape index (κ1) is 16.3. The summed E-state index contributed by atoms with van der Waals surface area (Å²) in [5, 5.41) is 0.268. The van der Waals surface area contributed by atoms with Crippen molar-refractivity contribution in [2.24, 2.45) is 0 Å². The summed E-state index contributed by atoms with van der Waals surface area (Å²) in [5.74, 6) is -0.765. The second kappa shape index (κ2) is 7.14. The summed E-state index contributed by atoms with van der Waals surface area (Å²) in [6, 6.07) is 4.51. The maximum atomic E-state index is 12.5. The van der Waals surface area contributed by atoms with Crippen molar-refractivity contribution in [1.82, 2.24) is 4.90 Å². The van der Waals surface area contributed by atoms with Gasteiger partial charge in [-0.2, -0.15) is 0 Å². The van der Waals surface area contributed by atoms with Crippen LogP contribution in [0, 0.1) is 0 Å². The zero-order valence-corrected chi connectivity index (χ0v) is 12.6. The second-order valence-corrected chi connectivity index (χ2v) is 4.98. The first-order valence-corrected chi connectivity index (χ1v) is 6.76. The molecule has 1 aromatic rings. The highest BCUT2D eigenvalue weighted by atomic mass is 35.5. The summed E-state index contributed by atoms with van der Waals surface area (Å²) in [4.78, 5) is 25.4. The van der Waals surface area contributed by atoms with Crippen LogP contribution in [-0.4, -0.2) is 36.0 Å².